The Balaban J connectivity index is 2.26. The molecule has 0 aliphatic carbocycles. The van der Waals surface area contributed by atoms with Gasteiger partial charge in [-0.1, -0.05) is 23.7 Å². The summed E-state index contributed by atoms with van der Waals surface area (Å²) in [5, 5.41) is 13.0. The minimum Gasteiger partial charge on any atom is -0.378 e. The molecule has 0 bridgehead atoms. The van der Waals surface area contributed by atoms with Gasteiger partial charge in [-0.3, -0.25) is 10.1 Å². The van der Waals surface area contributed by atoms with Crippen molar-refractivity contribution in [2.24, 2.45) is 0 Å². The predicted octanol–water partition coefficient (Wildman–Crippen LogP) is 4.28. The first-order valence-corrected chi connectivity index (χ1v) is 6.08. The van der Waals surface area contributed by atoms with Crippen LogP contribution in [0.4, 0.5) is 24.5 Å². The number of anilines is 1. The number of nitrogens with one attached hydrogen (secondary N) is 1. The molecular formula is C13H8ClF3N2O2. The lowest BCUT2D eigenvalue weighted by Gasteiger charge is -2.09. The zero-order chi connectivity index (χ0) is 15.6. The highest BCUT2D eigenvalue weighted by Gasteiger charge is 2.18. The molecule has 110 valence electrons. The molecule has 0 fully saturated rings. The second-order valence-corrected chi connectivity index (χ2v) is 4.51. The maximum atomic E-state index is 13.6. The van der Waals surface area contributed by atoms with Crippen molar-refractivity contribution in [3.05, 3.63) is 68.5 Å². The maximum absolute atomic E-state index is 13.6. The van der Waals surface area contributed by atoms with Gasteiger partial charge in [-0.25, -0.2) is 8.78 Å². The molecular weight excluding hydrogens is 309 g/mol. The van der Waals surface area contributed by atoms with Crippen LogP contribution in [0.25, 0.3) is 0 Å². The van der Waals surface area contributed by atoms with E-state index in [-0.39, 0.29) is 22.8 Å². The summed E-state index contributed by atoms with van der Waals surface area (Å²) >= 11 is 5.60. The molecule has 0 aromatic heterocycles. The molecule has 4 nitrogen and oxygen atoms in total. The molecule has 0 aliphatic heterocycles. The van der Waals surface area contributed by atoms with Crippen molar-refractivity contribution in [1.82, 2.24) is 0 Å². The van der Waals surface area contributed by atoms with E-state index in [1.807, 2.05) is 0 Å². The van der Waals surface area contributed by atoms with Crippen LogP contribution in [0, 0.1) is 27.6 Å². The summed E-state index contributed by atoms with van der Waals surface area (Å²) in [4.78, 5) is 9.62. The van der Waals surface area contributed by atoms with Crippen molar-refractivity contribution >= 4 is 23.0 Å². The van der Waals surface area contributed by atoms with E-state index in [9.17, 15) is 23.3 Å². The van der Waals surface area contributed by atoms with Crippen molar-refractivity contribution in [3.63, 3.8) is 0 Å². The Morgan fingerprint density at radius 3 is 2.57 bits per heavy atom. The fourth-order valence-electron chi connectivity index (χ4n) is 1.69. The molecule has 0 aliphatic rings. The summed E-state index contributed by atoms with van der Waals surface area (Å²) in [6.07, 6.45) is 0. The summed E-state index contributed by atoms with van der Waals surface area (Å²) in [6, 6.07) is 5.39. The summed E-state index contributed by atoms with van der Waals surface area (Å²) in [5.74, 6) is -2.97. The fraction of sp³-hybridized carbons (Fsp3) is 0.0769. The number of rotatable bonds is 4. The van der Waals surface area contributed by atoms with E-state index in [0.29, 0.717) is 12.1 Å². The highest BCUT2D eigenvalue weighted by atomic mass is 35.5. The van der Waals surface area contributed by atoms with E-state index < -0.39 is 28.1 Å². The van der Waals surface area contributed by atoms with E-state index in [4.69, 9.17) is 11.6 Å². The highest BCUT2D eigenvalue weighted by Crippen LogP contribution is 2.26. The van der Waals surface area contributed by atoms with Crippen LogP contribution in [0.5, 0.6) is 0 Å². The topological polar surface area (TPSA) is 55.2 Å². The molecule has 21 heavy (non-hydrogen) atoms. The van der Waals surface area contributed by atoms with E-state index in [2.05, 4.69) is 5.32 Å². The quantitative estimate of drug-likeness (QED) is 0.676. The summed E-state index contributed by atoms with van der Waals surface area (Å²) in [7, 11) is 0. The van der Waals surface area contributed by atoms with Crippen LogP contribution in [0.1, 0.15) is 5.56 Å². The van der Waals surface area contributed by atoms with Crippen molar-refractivity contribution in [2.45, 2.75) is 6.54 Å². The third-order valence-electron chi connectivity index (χ3n) is 2.73. The Bertz CT molecular complexity index is 710. The minimum atomic E-state index is -1.28. The number of hydrogen-bond acceptors (Lipinski definition) is 3. The van der Waals surface area contributed by atoms with E-state index in [1.165, 1.54) is 18.2 Å². The lowest BCUT2D eigenvalue weighted by Crippen LogP contribution is -2.05. The lowest BCUT2D eigenvalue weighted by molar-refractivity contribution is -0.387. The maximum Gasteiger partial charge on any atom is 0.307 e. The van der Waals surface area contributed by atoms with Crippen LogP contribution in [0.2, 0.25) is 5.02 Å². The first kappa shape index (κ1) is 15.1. The smallest absolute Gasteiger partial charge is 0.307 e. The van der Waals surface area contributed by atoms with Crippen LogP contribution in [0.3, 0.4) is 0 Å². The largest absolute Gasteiger partial charge is 0.378 e. The first-order chi connectivity index (χ1) is 9.90. The zero-order valence-corrected chi connectivity index (χ0v) is 11.1. The molecule has 0 saturated carbocycles. The number of nitro groups is 1. The van der Waals surface area contributed by atoms with Gasteiger partial charge < -0.3 is 5.32 Å². The highest BCUT2D eigenvalue weighted by molar-refractivity contribution is 6.30. The van der Waals surface area contributed by atoms with Gasteiger partial charge in [0.1, 0.15) is 11.6 Å². The number of nitrogens with zero attached hydrogens (tertiary/aromatic N) is 1. The molecule has 0 spiro atoms. The predicted molar refractivity (Wildman–Crippen MR) is 71.7 cm³/mol. The number of hydrogen-bond donors (Lipinski definition) is 1. The molecule has 0 unspecified atom stereocenters. The molecule has 2 rings (SSSR count). The molecule has 0 radical (unpaired) electrons. The molecule has 0 heterocycles. The third kappa shape index (κ3) is 3.25. The van der Waals surface area contributed by atoms with Crippen molar-refractivity contribution in [3.8, 4) is 0 Å². The van der Waals surface area contributed by atoms with Crippen LogP contribution in [0.15, 0.2) is 30.3 Å². The van der Waals surface area contributed by atoms with Gasteiger partial charge in [0, 0.05) is 24.2 Å². The van der Waals surface area contributed by atoms with Gasteiger partial charge in [-0.2, -0.15) is 4.39 Å². The average Bonchev–Trinajstić information content (AvgIpc) is 2.41. The third-order valence-corrected chi connectivity index (χ3v) is 3.03. The zero-order valence-electron chi connectivity index (χ0n) is 10.4. The van der Waals surface area contributed by atoms with Crippen molar-refractivity contribution in [1.29, 1.82) is 0 Å². The number of nitro benzene ring substituents is 1. The Hall–Kier alpha value is -2.28. The fourth-order valence-corrected chi connectivity index (χ4v) is 1.88. The van der Waals surface area contributed by atoms with E-state index in [1.54, 1.807) is 0 Å². The van der Waals surface area contributed by atoms with Gasteiger partial charge in [0.2, 0.25) is 5.82 Å². The number of benzene rings is 2. The van der Waals surface area contributed by atoms with Gasteiger partial charge in [-0.15, -0.1) is 0 Å². The first-order valence-electron chi connectivity index (χ1n) is 5.70. The standard InChI is InChI=1S/C13H8ClF3N2O2/c14-8-3-1-2-7(13(8)17)6-18-11-5-12(19(20)21)10(16)4-9(11)15/h1-5,18H,6H2. The van der Waals surface area contributed by atoms with Crippen molar-refractivity contribution in [2.75, 3.05) is 5.32 Å². The Labute approximate surface area is 122 Å². The second kappa shape index (κ2) is 6.01. The molecule has 2 aromatic rings. The molecule has 0 atom stereocenters. The van der Waals surface area contributed by atoms with Gasteiger partial charge >= 0.3 is 5.69 Å². The van der Waals surface area contributed by atoms with Crippen LogP contribution >= 0.6 is 11.6 Å². The lowest BCUT2D eigenvalue weighted by atomic mass is 10.2. The van der Waals surface area contributed by atoms with Gasteiger partial charge in [0.05, 0.1) is 15.6 Å². The average molecular weight is 317 g/mol. The van der Waals surface area contributed by atoms with Crippen LogP contribution < -0.4 is 5.32 Å². The van der Waals surface area contributed by atoms with Crippen LogP contribution in [-0.2, 0) is 6.54 Å². The molecule has 1 N–H and O–H groups in total. The molecule has 0 saturated heterocycles. The second-order valence-electron chi connectivity index (χ2n) is 4.11. The number of halogens is 4. The SMILES string of the molecule is O=[N+]([O-])c1cc(NCc2cccc(Cl)c2F)c(F)cc1F. The molecule has 0 amide bonds. The molecule has 2 aromatic carbocycles. The van der Waals surface area contributed by atoms with E-state index in [0.717, 1.165) is 0 Å². The summed E-state index contributed by atoms with van der Waals surface area (Å²) in [5.41, 5.74) is -1.03. The Morgan fingerprint density at radius 2 is 1.90 bits per heavy atom. The Morgan fingerprint density at radius 1 is 1.19 bits per heavy atom. The minimum absolute atomic E-state index is 0.0974. The van der Waals surface area contributed by atoms with Crippen LogP contribution in [-0.4, -0.2) is 4.92 Å². The summed E-state index contributed by atoms with van der Waals surface area (Å²) < 4.78 is 40.3. The van der Waals surface area contributed by atoms with Gasteiger partial charge in [-0.05, 0) is 6.07 Å². The normalized spacial score (nSPS) is 10.5. The monoisotopic (exact) mass is 316 g/mol. The molecule has 8 heteroatoms. The van der Waals surface area contributed by atoms with Gasteiger partial charge in [0.15, 0.2) is 0 Å². The van der Waals surface area contributed by atoms with Crippen molar-refractivity contribution < 1.29 is 18.1 Å². The van der Waals surface area contributed by atoms with E-state index >= 15 is 0 Å². The Kier molecular flexibility index (Phi) is 4.32. The summed E-state index contributed by atoms with van der Waals surface area (Å²) in [6.45, 7) is -0.161. The van der Waals surface area contributed by atoms with Gasteiger partial charge in [0.25, 0.3) is 0 Å².